The van der Waals surface area contributed by atoms with E-state index in [1.165, 1.54) is 389 Å². The summed E-state index contributed by atoms with van der Waals surface area (Å²) in [5, 5.41) is 9.38. The zero-order valence-corrected chi connectivity index (χ0v) is 107. The van der Waals surface area contributed by atoms with E-state index >= 15 is 0 Å². The van der Waals surface area contributed by atoms with Crippen molar-refractivity contribution in [1.82, 2.24) is 0 Å². The van der Waals surface area contributed by atoms with Crippen molar-refractivity contribution >= 4 is 354 Å². The number of halogens is 2. The molecule has 5 aromatic carbocycles. The summed E-state index contributed by atoms with van der Waals surface area (Å²) in [4.78, 5) is 14.4. The molecule has 0 atom stereocenters. The molecule has 19 aromatic rings. The first kappa shape index (κ1) is 122. The van der Waals surface area contributed by atoms with Gasteiger partial charge in [-0.3, -0.25) is 0 Å². The maximum absolute atomic E-state index is 3.69. The van der Waals surface area contributed by atoms with Crippen molar-refractivity contribution in [2.75, 3.05) is 11.5 Å². The van der Waals surface area contributed by atoms with Crippen molar-refractivity contribution in [3.05, 3.63) is 200 Å². The first-order valence-electron chi connectivity index (χ1n) is 53.3. The average molecular weight is 2560 g/mol. The van der Waals surface area contributed by atoms with Crippen LogP contribution in [0.1, 0.15) is 327 Å². The third-order valence-electron chi connectivity index (χ3n) is 27.9. The monoisotopic (exact) mass is 2560 g/mol. The van der Waals surface area contributed by atoms with Crippen LogP contribution in [0.2, 0.25) is 26.6 Å². The number of rotatable bonds is 52. The van der Waals surface area contributed by atoms with Crippen LogP contribution in [0.5, 0.6) is 0 Å². The normalized spacial score (nSPS) is 11.7. The fourth-order valence-corrected chi connectivity index (χ4v) is 80.1. The Morgan fingerprint density at radius 1 is 0.229 bits per heavy atom. The largest absolute Gasteiger partial charge is 0.142 e. The molecule has 778 valence electrons. The summed E-state index contributed by atoms with van der Waals surface area (Å²) < 4.78 is 37.7. The molecular formula is C124H164Br2S16Sn2. The number of thioether (sulfide) groups is 2. The van der Waals surface area contributed by atoms with E-state index in [0.29, 0.717) is 0 Å². The Morgan fingerprint density at radius 2 is 0.500 bits per heavy atom. The maximum atomic E-state index is 3.69. The van der Waals surface area contributed by atoms with Crippen LogP contribution in [0, 0.1) is 13.8 Å². The molecule has 0 aliphatic carbocycles. The van der Waals surface area contributed by atoms with Crippen LogP contribution in [0.3, 0.4) is 0 Å². The molecule has 0 aliphatic rings. The SMILES string of the molecule is C.C.C.C.CCCCCCCCCCCCCCSc1cc(-c2cc3sc4ccccc4c3s2)sc1-c1sc(-c2cc3sc4ccccc4c3s2)cc1C.CCCCCCCCCCCCCCSc1cc(Br)sc1-c1sc(Br)cc1C.CCC[CH2][Sn]([CH2]CCC)([CH2]CCC)[c]1cc2sc3ccccc3c2s1.CCC[CH2][Sn]([CH2]CCC)([CH2]CCC)[c]1cc2sc3ccccc3c2s1.c1ccc2c(c1)sc1ccsc12. The zero-order chi connectivity index (χ0) is 97.4. The van der Waals surface area contributed by atoms with Gasteiger partial charge in [0.25, 0.3) is 0 Å². The van der Waals surface area contributed by atoms with Crippen molar-refractivity contribution in [3.8, 4) is 39.0 Å². The predicted octanol–water partition coefficient (Wildman–Crippen LogP) is 51.9. The molecule has 144 heavy (non-hydrogen) atoms. The molecule has 14 heterocycles. The number of fused-ring (bicyclic) bond motifs is 15. The van der Waals surface area contributed by atoms with E-state index in [-0.39, 0.29) is 29.7 Å². The van der Waals surface area contributed by atoms with E-state index < -0.39 is 36.8 Å². The molecule has 0 nitrogen and oxygen atoms in total. The van der Waals surface area contributed by atoms with Crippen molar-refractivity contribution in [2.45, 2.75) is 367 Å². The fraction of sp³-hybridized carbons (Fsp3) is 0.468. The van der Waals surface area contributed by atoms with E-state index in [2.05, 4.69) is 317 Å². The Morgan fingerprint density at radius 3 is 0.861 bits per heavy atom. The molecule has 0 fully saturated rings. The van der Waals surface area contributed by atoms with Crippen LogP contribution in [0.25, 0.3) is 136 Å². The zero-order valence-electron chi connectivity index (χ0n) is 84.7. The van der Waals surface area contributed by atoms with Crippen molar-refractivity contribution < 1.29 is 0 Å². The molecule has 0 unspecified atom stereocenters. The van der Waals surface area contributed by atoms with E-state index in [1.807, 2.05) is 154 Å². The van der Waals surface area contributed by atoms with E-state index in [9.17, 15) is 0 Å². The molecule has 19 rings (SSSR count). The molecular weight excluding hydrogens is 2400 g/mol. The number of aryl methyl sites for hydroxylation is 2. The van der Waals surface area contributed by atoms with E-state index in [0.717, 1.165) is 0 Å². The second-order valence-corrected chi connectivity index (χ2v) is 86.8. The Kier molecular flexibility index (Phi) is 53.9. The van der Waals surface area contributed by atoms with Gasteiger partial charge in [0.1, 0.15) is 0 Å². The van der Waals surface area contributed by atoms with Gasteiger partial charge in [0.2, 0.25) is 0 Å². The first-order chi connectivity index (χ1) is 68.7. The Balaban J connectivity index is 0.000000182. The summed E-state index contributed by atoms with van der Waals surface area (Å²) in [7, 11) is 0. The molecule has 0 spiro atoms. The summed E-state index contributed by atoms with van der Waals surface area (Å²) in [6.07, 6.45) is 50.7. The summed E-state index contributed by atoms with van der Waals surface area (Å²) in [6, 6.07) is 66.2. The van der Waals surface area contributed by atoms with Gasteiger partial charge in [-0.2, -0.15) is 0 Å². The van der Waals surface area contributed by atoms with Gasteiger partial charge in [-0.25, -0.2) is 0 Å². The minimum Gasteiger partial charge on any atom is -0.142 e. The molecule has 0 saturated heterocycles. The van der Waals surface area contributed by atoms with Gasteiger partial charge < -0.3 is 0 Å². The molecule has 0 N–H and O–H groups in total. The molecule has 0 radical (unpaired) electrons. The topological polar surface area (TPSA) is 0 Å². The predicted molar refractivity (Wildman–Crippen MR) is 704 cm³/mol. The van der Waals surface area contributed by atoms with Crippen LogP contribution < -0.4 is 5.79 Å². The second-order valence-electron chi connectivity index (χ2n) is 38.7. The Hall–Kier alpha value is -2.24. The molecule has 20 heteroatoms. The molecule has 14 aromatic heterocycles. The van der Waals surface area contributed by atoms with Gasteiger partial charge in [-0.05, 0) is 147 Å². The fourth-order valence-electron chi connectivity index (χ4n) is 19.9. The van der Waals surface area contributed by atoms with Crippen LogP contribution in [0.15, 0.2) is 199 Å². The average Bonchev–Trinajstić information content (AvgIpc) is 1.61. The molecule has 0 bridgehead atoms. The van der Waals surface area contributed by atoms with Gasteiger partial charge >= 0.3 is 333 Å². The van der Waals surface area contributed by atoms with E-state index in [4.69, 9.17) is 0 Å². The van der Waals surface area contributed by atoms with Crippen molar-refractivity contribution in [1.29, 1.82) is 0 Å². The van der Waals surface area contributed by atoms with E-state index in [1.54, 1.807) is 45.4 Å². The van der Waals surface area contributed by atoms with Crippen LogP contribution in [-0.4, -0.2) is 48.3 Å². The van der Waals surface area contributed by atoms with Crippen LogP contribution in [0.4, 0.5) is 0 Å². The summed E-state index contributed by atoms with van der Waals surface area (Å²) in [6.45, 7) is 23.4. The van der Waals surface area contributed by atoms with Crippen LogP contribution >= 0.6 is 214 Å². The summed E-state index contributed by atoms with van der Waals surface area (Å²) in [5.74, 6) is 2.44. The summed E-state index contributed by atoms with van der Waals surface area (Å²) >= 11 is 34.6. The number of hydrogen-bond donors (Lipinski definition) is 0. The third kappa shape index (κ3) is 32.7. The smallest absolute Gasteiger partial charge is 0.0529 e. The molecule has 0 amide bonds. The van der Waals surface area contributed by atoms with Gasteiger partial charge in [0.05, 0.1) is 31.4 Å². The quantitative estimate of drug-likeness (QED) is 0.0212. The maximum Gasteiger partial charge on any atom is 0.0529 e. The standard InChI is InChI=1S/C43H44S7.C23H34Br2S3.C10H6S2.2C10H5S2.6C4H9.4CH4.2Sn/c1-3-4-5-6-7-8-9-10-11-12-13-18-23-44-37-25-34(36-27-39-42(49-36)30-20-15-17-22-32(30)46-39)50-43(37)40-28(2)24-33(47-40)35-26-38-41(48-35)29-19-14-16-21-31(29)45-38;1-3-4-5-6-7-8-9-10-11-12-13-14-15-26-19-17-21(25)28-23(19)22-18(2)16-20(24)27-22;3*1-2-4-8-7(3-1)10-9(12-8)5-6-11-10;6*1-3-4-2;;;;;;/h14-17,19-22,24-27H,3-13,18,23H2,1-2H3;16-17H,3-15H2,1-2H3;1-6H;2*1-5H;6*1,3-4H2,2H3;4*1H4;;. The third-order valence-corrected chi connectivity index (χ3v) is 85.1. The number of thiophene rings is 14. The van der Waals surface area contributed by atoms with Gasteiger partial charge in [-0.1, -0.05) is 239 Å². The number of unbranched alkanes of at least 4 members (excludes halogenated alkanes) is 28. The summed E-state index contributed by atoms with van der Waals surface area (Å²) in [5.41, 5.74) is 2.78. The minimum atomic E-state index is -2.25. The minimum absolute atomic E-state index is 0. The molecule has 0 aliphatic heterocycles. The second kappa shape index (κ2) is 63.7. The Labute approximate surface area is 958 Å². The first-order valence-corrected chi connectivity index (χ1v) is 83.3. The Bertz CT molecular complexity index is 6730. The molecule has 0 saturated carbocycles. The van der Waals surface area contributed by atoms with Crippen LogP contribution in [-0.2, 0) is 0 Å². The van der Waals surface area contributed by atoms with Gasteiger partial charge in [0, 0.05) is 83.4 Å². The number of hydrogen-bond acceptors (Lipinski definition) is 16. The van der Waals surface area contributed by atoms with Crippen molar-refractivity contribution in [2.24, 2.45) is 0 Å². The van der Waals surface area contributed by atoms with Gasteiger partial charge in [0.15, 0.2) is 0 Å². The van der Waals surface area contributed by atoms with Gasteiger partial charge in [-0.15, -0.1) is 137 Å². The number of benzene rings is 5. The van der Waals surface area contributed by atoms with Crippen molar-refractivity contribution in [3.63, 3.8) is 0 Å².